The van der Waals surface area contributed by atoms with Gasteiger partial charge in [-0.2, -0.15) is 4.72 Å². The van der Waals surface area contributed by atoms with Crippen LogP contribution in [0.2, 0.25) is 0 Å². The van der Waals surface area contributed by atoms with E-state index in [2.05, 4.69) is 9.71 Å². The fraction of sp³-hybridized carbons (Fsp3) is 0.118. The first-order valence-corrected chi connectivity index (χ1v) is 8.73. The lowest BCUT2D eigenvalue weighted by Gasteiger charge is -2.11. The van der Waals surface area contributed by atoms with Crippen molar-refractivity contribution in [2.75, 3.05) is 0 Å². The molecule has 0 bridgehead atoms. The Morgan fingerprint density at radius 2 is 1.75 bits per heavy atom. The van der Waals surface area contributed by atoms with Gasteiger partial charge >= 0.3 is 0 Å². The van der Waals surface area contributed by atoms with Crippen LogP contribution in [0.1, 0.15) is 18.9 Å². The van der Waals surface area contributed by atoms with Crippen molar-refractivity contribution in [3.8, 4) is 11.3 Å². The van der Waals surface area contributed by atoms with Crippen molar-refractivity contribution < 1.29 is 17.2 Å². The minimum Gasteiger partial charge on any atom is -0.439 e. The molecule has 2 aromatic carbocycles. The van der Waals surface area contributed by atoms with Gasteiger partial charge in [-0.1, -0.05) is 18.2 Å². The van der Waals surface area contributed by atoms with Gasteiger partial charge in [0.25, 0.3) is 0 Å². The molecule has 0 radical (unpaired) electrons. The largest absolute Gasteiger partial charge is 0.439 e. The van der Waals surface area contributed by atoms with Crippen molar-refractivity contribution in [1.29, 1.82) is 0 Å². The molecule has 0 aliphatic carbocycles. The second kappa shape index (κ2) is 6.54. The highest BCUT2D eigenvalue weighted by Crippen LogP contribution is 2.24. The van der Waals surface area contributed by atoms with Crippen molar-refractivity contribution in [1.82, 2.24) is 9.71 Å². The minimum absolute atomic E-state index is 0.169. The monoisotopic (exact) mass is 346 g/mol. The van der Waals surface area contributed by atoms with Crippen LogP contribution in [-0.2, 0) is 10.0 Å². The Morgan fingerprint density at radius 3 is 2.42 bits per heavy atom. The second-order valence-electron chi connectivity index (χ2n) is 5.23. The average molecular weight is 346 g/mol. The van der Waals surface area contributed by atoms with E-state index in [1.54, 1.807) is 37.3 Å². The predicted octanol–water partition coefficient (Wildman–Crippen LogP) is 3.52. The van der Waals surface area contributed by atoms with Gasteiger partial charge in [-0.25, -0.2) is 17.8 Å². The first kappa shape index (κ1) is 16.4. The lowest BCUT2D eigenvalue weighted by atomic mass is 10.2. The number of hydrogen-bond donors (Lipinski definition) is 1. The molecule has 1 atom stereocenters. The van der Waals surface area contributed by atoms with E-state index in [0.717, 1.165) is 0 Å². The summed E-state index contributed by atoms with van der Waals surface area (Å²) < 4.78 is 45.7. The Labute approximate surface area is 139 Å². The molecule has 5 nitrogen and oxygen atoms in total. The summed E-state index contributed by atoms with van der Waals surface area (Å²) in [6.45, 7) is 1.64. The fourth-order valence-electron chi connectivity index (χ4n) is 2.19. The normalized spacial score (nSPS) is 12.9. The summed E-state index contributed by atoms with van der Waals surface area (Å²) in [6, 6.07) is 13.2. The molecule has 1 aromatic heterocycles. The van der Waals surface area contributed by atoms with Crippen LogP contribution in [0.25, 0.3) is 11.3 Å². The summed E-state index contributed by atoms with van der Waals surface area (Å²) >= 11 is 0. The second-order valence-corrected chi connectivity index (χ2v) is 6.94. The zero-order valence-electron chi connectivity index (χ0n) is 12.8. The molecule has 0 amide bonds. The average Bonchev–Trinajstić information content (AvgIpc) is 3.06. The third-order valence-electron chi connectivity index (χ3n) is 3.41. The Hall–Kier alpha value is -2.51. The number of sulfonamides is 1. The first-order valence-electron chi connectivity index (χ1n) is 7.25. The van der Waals surface area contributed by atoms with E-state index in [1.807, 2.05) is 0 Å². The number of hydrogen-bond acceptors (Lipinski definition) is 4. The summed E-state index contributed by atoms with van der Waals surface area (Å²) in [5.41, 5.74) is 0.660. The molecule has 0 spiro atoms. The summed E-state index contributed by atoms with van der Waals surface area (Å²) in [7, 11) is -3.67. The van der Waals surface area contributed by atoms with Crippen LogP contribution in [0.3, 0.4) is 0 Å². The quantitative estimate of drug-likeness (QED) is 0.767. The van der Waals surface area contributed by atoms with E-state index in [0.29, 0.717) is 11.3 Å². The fourth-order valence-corrected chi connectivity index (χ4v) is 3.40. The third-order valence-corrected chi connectivity index (χ3v) is 4.96. The van der Waals surface area contributed by atoms with E-state index < -0.39 is 16.1 Å². The van der Waals surface area contributed by atoms with Crippen LogP contribution in [0.15, 0.2) is 70.1 Å². The number of nitrogens with zero attached hydrogens (tertiary/aromatic N) is 1. The molecule has 24 heavy (non-hydrogen) atoms. The van der Waals surface area contributed by atoms with E-state index in [4.69, 9.17) is 4.42 Å². The molecule has 3 rings (SSSR count). The van der Waals surface area contributed by atoms with Gasteiger partial charge in [0.05, 0.1) is 17.1 Å². The van der Waals surface area contributed by atoms with Gasteiger partial charge in [0.1, 0.15) is 5.82 Å². The van der Waals surface area contributed by atoms with Gasteiger partial charge in [-0.3, -0.25) is 0 Å². The number of halogens is 1. The molecule has 0 saturated heterocycles. The Kier molecular flexibility index (Phi) is 4.46. The number of nitrogens with one attached hydrogen (secondary N) is 1. The van der Waals surface area contributed by atoms with Crippen molar-refractivity contribution in [2.45, 2.75) is 17.9 Å². The lowest BCUT2D eigenvalue weighted by Crippen LogP contribution is -2.27. The highest BCUT2D eigenvalue weighted by atomic mass is 32.2. The number of aromatic nitrogens is 1. The van der Waals surface area contributed by atoms with Gasteiger partial charge in [0.2, 0.25) is 15.9 Å². The maximum atomic E-state index is 13.0. The van der Waals surface area contributed by atoms with E-state index in [-0.39, 0.29) is 16.6 Å². The molecular weight excluding hydrogens is 331 g/mol. The van der Waals surface area contributed by atoms with Gasteiger partial charge in [-0.15, -0.1) is 0 Å². The smallest absolute Gasteiger partial charge is 0.241 e. The number of oxazole rings is 1. The maximum absolute atomic E-state index is 13.0. The Morgan fingerprint density at radius 1 is 1.08 bits per heavy atom. The van der Waals surface area contributed by atoms with Gasteiger partial charge in [0.15, 0.2) is 5.76 Å². The summed E-state index contributed by atoms with van der Waals surface area (Å²) in [5.74, 6) is 0.326. The Bertz CT molecular complexity index is 922. The molecular formula is C17H15FN2O3S. The highest BCUT2D eigenvalue weighted by Gasteiger charge is 2.21. The Balaban J connectivity index is 1.79. The summed E-state index contributed by atoms with van der Waals surface area (Å²) in [6.07, 6.45) is 1.48. The molecule has 1 heterocycles. The lowest BCUT2D eigenvalue weighted by molar-refractivity contribution is 0.452. The van der Waals surface area contributed by atoms with Gasteiger partial charge < -0.3 is 4.42 Å². The molecule has 0 aliphatic heterocycles. The first-order chi connectivity index (χ1) is 11.5. The molecule has 124 valence electrons. The van der Waals surface area contributed by atoms with E-state index in [1.165, 1.54) is 30.5 Å². The molecule has 0 saturated carbocycles. The number of benzene rings is 2. The van der Waals surface area contributed by atoms with E-state index in [9.17, 15) is 12.8 Å². The van der Waals surface area contributed by atoms with Gasteiger partial charge in [-0.05, 0) is 43.3 Å². The molecule has 0 fully saturated rings. The molecule has 1 unspecified atom stereocenters. The van der Waals surface area contributed by atoms with E-state index >= 15 is 0 Å². The number of rotatable bonds is 5. The SMILES string of the molecule is CC(NS(=O)(=O)c1ccccc1)c1ncc(-c2ccc(F)cc2)o1. The van der Waals surface area contributed by atoms with Crippen LogP contribution in [0, 0.1) is 5.82 Å². The van der Waals surface area contributed by atoms with Crippen LogP contribution >= 0.6 is 0 Å². The molecule has 7 heteroatoms. The van der Waals surface area contributed by atoms with Crippen molar-refractivity contribution in [2.24, 2.45) is 0 Å². The third kappa shape index (κ3) is 3.52. The van der Waals surface area contributed by atoms with Crippen LogP contribution in [0.5, 0.6) is 0 Å². The molecule has 0 aliphatic rings. The predicted molar refractivity (Wildman–Crippen MR) is 87.1 cm³/mol. The zero-order chi connectivity index (χ0) is 17.2. The topological polar surface area (TPSA) is 72.2 Å². The van der Waals surface area contributed by atoms with Crippen LogP contribution < -0.4 is 4.72 Å². The van der Waals surface area contributed by atoms with Gasteiger partial charge in [0, 0.05) is 5.56 Å². The van der Waals surface area contributed by atoms with Crippen molar-refractivity contribution >= 4 is 10.0 Å². The minimum atomic E-state index is -3.67. The molecule has 3 aromatic rings. The highest BCUT2D eigenvalue weighted by molar-refractivity contribution is 7.89. The summed E-state index contributed by atoms with van der Waals surface area (Å²) in [4.78, 5) is 4.27. The van der Waals surface area contributed by atoms with Crippen LogP contribution in [0.4, 0.5) is 4.39 Å². The van der Waals surface area contributed by atoms with Crippen molar-refractivity contribution in [3.63, 3.8) is 0 Å². The van der Waals surface area contributed by atoms with Crippen molar-refractivity contribution in [3.05, 3.63) is 72.5 Å². The van der Waals surface area contributed by atoms with Crippen LogP contribution in [-0.4, -0.2) is 13.4 Å². The maximum Gasteiger partial charge on any atom is 0.241 e. The zero-order valence-corrected chi connectivity index (χ0v) is 13.6. The summed E-state index contributed by atoms with van der Waals surface area (Å²) in [5, 5.41) is 0. The molecule has 1 N–H and O–H groups in total. The standard InChI is InChI=1S/C17H15FN2O3S/c1-12(20-24(21,22)15-5-3-2-4-6-15)17-19-11-16(23-17)13-7-9-14(18)10-8-13/h2-12,20H,1H3.